The molecule has 0 aromatic heterocycles. The normalized spacial score (nSPS) is 13.1. The van der Waals surface area contributed by atoms with E-state index >= 15 is 0 Å². The Morgan fingerprint density at radius 2 is 1.32 bits per heavy atom. The van der Waals surface area contributed by atoms with Gasteiger partial charge in [0.25, 0.3) is 0 Å². The van der Waals surface area contributed by atoms with Crippen molar-refractivity contribution in [1.82, 2.24) is 0 Å². The van der Waals surface area contributed by atoms with Crippen LogP contribution in [0.3, 0.4) is 0 Å². The van der Waals surface area contributed by atoms with Crippen molar-refractivity contribution in [3.63, 3.8) is 0 Å². The number of hydrogen-bond donors (Lipinski definition) is 2. The zero-order chi connectivity index (χ0) is 18.4. The third kappa shape index (κ3) is 5.65. The molecule has 7 heteroatoms. The van der Waals surface area contributed by atoms with E-state index in [1.54, 1.807) is 0 Å². The summed E-state index contributed by atoms with van der Waals surface area (Å²) in [4.78, 5) is 23.2. The van der Waals surface area contributed by atoms with Crippen molar-refractivity contribution in [2.75, 3.05) is 0 Å². The van der Waals surface area contributed by atoms with Crippen molar-refractivity contribution in [2.45, 2.75) is 25.0 Å². The Hall–Kier alpha value is -2.80. The molecule has 2 aromatic rings. The first-order valence-corrected chi connectivity index (χ1v) is 7.45. The summed E-state index contributed by atoms with van der Waals surface area (Å²) in [6, 6.07) is 10.3. The lowest BCUT2D eigenvalue weighted by Crippen LogP contribution is -2.35. The number of aliphatic hydroxyl groups excluding tert-OH is 1. The third-order valence-electron chi connectivity index (χ3n) is 3.48. The van der Waals surface area contributed by atoms with Crippen LogP contribution >= 0.6 is 0 Å². The number of hydrogen-bond acceptors (Lipinski definition) is 4. The van der Waals surface area contributed by atoms with Gasteiger partial charge in [-0.3, -0.25) is 0 Å². The van der Waals surface area contributed by atoms with E-state index in [9.17, 15) is 23.5 Å². The van der Waals surface area contributed by atoms with Gasteiger partial charge in [-0.15, -0.1) is 0 Å². The Kier molecular flexibility index (Phi) is 6.19. The molecule has 2 atom stereocenters. The van der Waals surface area contributed by atoms with Gasteiger partial charge in [-0.25, -0.2) is 18.4 Å². The molecule has 2 rings (SSSR count). The summed E-state index contributed by atoms with van der Waals surface area (Å²) < 4.78 is 30.6. The van der Waals surface area contributed by atoms with E-state index in [-0.39, 0.29) is 12.8 Å². The summed E-state index contributed by atoms with van der Waals surface area (Å²) in [7, 11) is 0. The van der Waals surface area contributed by atoms with Crippen molar-refractivity contribution in [3.8, 4) is 0 Å². The predicted molar refractivity (Wildman–Crippen MR) is 83.7 cm³/mol. The molecule has 2 N–H and O–H groups in total. The van der Waals surface area contributed by atoms with Gasteiger partial charge in [0.05, 0.1) is 0 Å². The highest BCUT2D eigenvalue weighted by molar-refractivity contribution is 5.80. The first-order chi connectivity index (χ1) is 11.8. The van der Waals surface area contributed by atoms with Crippen LogP contribution in [0.25, 0.3) is 0 Å². The van der Waals surface area contributed by atoms with Crippen LogP contribution in [-0.2, 0) is 27.2 Å². The molecule has 2 unspecified atom stereocenters. The van der Waals surface area contributed by atoms with E-state index in [2.05, 4.69) is 0 Å². The van der Waals surface area contributed by atoms with Crippen LogP contribution < -0.4 is 0 Å². The van der Waals surface area contributed by atoms with E-state index in [1.165, 1.54) is 48.5 Å². The van der Waals surface area contributed by atoms with Crippen molar-refractivity contribution < 1.29 is 33.3 Å². The predicted octanol–water partition coefficient (Wildman–Crippen LogP) is 2.11. The van der Waals surface area contributed by atoms with E-state index < -0.39 is 35.8 Å². The van der Waals surface area contributed by atoms with Gasteiger partial charge >= 0.3 is 11.9 Å². The average molecular weight is 350 g/mol. The lowest BCUT2D eigenvalue weighted by Gasteiger charge is -2.16. The number of aliphatic hydroxyl groups is 1. The van der Waals surface area contributed by atoms with E-state index in [4.69, 9.17) is 9.84 Å². The molecule has 5 nitrogen and oxygen atoms in total. The zero-order valence-corrected chi connectivity index (χ0v) is 13.1. The van der Waals surface area contributed by atoms with E-state index in [1.807, 2.05) is 0 Å². The van der Waals surface area contributed by atoms with Crippen LogP contribution in [0.15, 0.2) is 48.5 Å². The van der Waals surface area contributed by atoms with Gasteiger partial charge in [-0.05, 0) is 35.4 Å². The van der Waals surface area contributed by atoms with Gasteiger partial charge < -0.3 is 14.9 Å². The molecule has 0 aliphatic heterocycles. The molecule has 25 heavy (non-hydrogen) atoms. The zero-order valence-electron chi connectivity index (χ0n) is 13.1. The van der Waals surface area contributed by atoms with Crippen molar-refractivity contribution in [1.29, 1.82) is 0 Å². The number of esters is 1. The molecule has 0 bridgehead atoms. The van der Waals surface area contributed by atoms with E-state index in [0.29, 0.717) is 11.1 Å². The molecule has 0 spiro atoms. The first-order valence-electron chi connectivity index (χ1n) is 7.45. The topological polar surface area (TPSA) is 83.8 Å². The molecule has 2 aromatic carbocycles. The minimum absolute atomic E-state index is 0.137. The highest BCUT2D eigenvalue weighted by Crippen LogP contribution is 2.11. The molecular formula is C18H16F2O5. The number of rotatable bonds is 7. The molecule has 132 valence electrons. The maximum absolute atomic E-state index is 12.9. The largest absolute Gasteiger partial charge is 0.478 e. The van der Waals surface area contributed by atoms with Crippen LogP contribution in [0.1, 0.15) is 11.1 Å². The fourth-order valence-electron chi connectivity index (χ4n) is 2.16. The van der Waals surface area contributed by atoms with Crippen molar-refractivity contribution in [2.24, 2.45) is 0 Å². The number of ether oxygens (including phenoxy) is 1. The second-order valence-electron chi connectivity index (χ2n) is 5.44. The number of carbonyl (C=O) groups excluding carboxylic acids is 1. The summed E-state index contributed by atoms with van der Waals surface area (Å²) in [6.45, 7) is 0. The number of halogens is 2. The van der Waals surface area contributed by atoms with Crippen LogP contribution in [0.5, 0.6) is 0 Å². The Balaban J connectivity index is 1.97. The van der Waals surface area contributed by atoms with Crippen LogP contribution in [-0.4, -0.2) is 34.4 Å². The summed E-state index contributed by atoms with van der Waals surface area (Å²) >= 11 is 0. The second-order valence-corrected chi connectivity index (χ2v) is 5.44. The average Bonchev–Trinajstić information content (AvgIpc) is 2.58. The Labute approximate surface area is 142 Å². The van der Waals surface area contributed by atoms with Gasteiger partial charge in [0.15, 0.2) is 6.10 Å². The SMILES string of the molecule is O=C(OC(Cc1ccc(F)cc1)C(=O)O)C(O)Cc1ccc(F)cc1. The molecule has 0 saturated heterocycles. The minimum Gasteiger partial charge on any atom is -0.478 e. The summed E-state index contributed by atoms with van der Waals surface area (Å²) in [6.07, 6.45) is -3.39. The molecule has 0 radical (unpaired) electrons. The second kappa shape index (κ2) is 8.34. The van der Waals surface area contributed by atoms with Gasteiger partial charge in [0.2, 0.25) is 6.10 Å². The molecule has 0 amide bonds. The third-order valence-corrected chi connectivity index (χ3v) is 3.48. The summed E-state index contributed by atoms with van der Waals surface area (Å²) in [5.41, 5.74) is 0.964. The van der Waals surface area contributed by atoms with Gasteiger partial charge in [-0.1, -0.05) is 24.3 Å². The summed E-state index contributed by atoms with van der Waals surface area (Å²) in [5, 5.41) is 19.0. The van der Waals surface area contributed by atoms with Crippen LogP contribution in [0.4, 0.5) is 8.78 Å². The number of benzene rings is 2. The molecular weight excluding hydrogens is 334 g/mol. The quantitative estimate of drug-likeness (QED) is 0.747. The van der Waals surface area contributed by atoms with Crippen molar-refractivity contribution in [3.05, 3.63) is 71.3 Å². The fourth-order valence-corrected chi connectivity index (χ4v) is 2.16. The van der Waals surface area contributed by atoms with Crippen LogP contribution in [0, 0.1) is 11.6 Å². The van der Waals surface area contributed by atoms with Gasteiger partial charge in [0, 0.05) is 12.8 Å². The van der Waals surface area contributed by atoms with Crippen LogP contribution in [0.2, 0.25) is 0 Å². The lowest BCUT2D eigenvalue weighted by atomic mass is 10.1. The Bertz CT molecular complexity index is 728. The number of carboxylic acid groups (broad SMARTS) is 1. The minimum atomic E-state index is -1.58. The standard InChI is InChI=1S/C18H16F2O5/c19-13-5-1-11(2-6-13)9-15(21)18(24)25-16(17(22)23)10-12-3-7-14(20)8-4-12/h1-8,15-16,21H,9-10H2,(H,22,23). The first kappa shape index (κ1) is 18.5. The molecule has 0 aliphatic rings. The Morgan fingerprint density at radius 1 is 0.880 bits per heavy atom. The maximum atomic E-state index is 12.9. The van der Waals surface area contributed by atoms with E-state index in [0.717, 1.165) is 0 Å². The highest BCUT2D eigenvalue weighted by Gasteiger charge is 2.26. The number of aliphatic carboxylic acids is 1. The fraction of sp³-hybridized carbons (Fsp3) is 0.222. The van der Waals surface area contributed by atoms with Gasteiger partial charge in [-0.2, -0.15) is 0 Å². The van der Waals surface area contributed by atoms with Crippen molar-refractivity contribution >= 4 is 11.9 Å². The monoisotopic (exact) mass is 350 g/mol. The molecule has 0 heterocycles. The number of carbonyl (C=O) groups is 2. The molecule has 0 fully saturated rings. The number of carboxylic acids is 1. The smallest absolute Gasteiger partial charge is 0.345 e. The molecule has 0 aliphatic carbocycles. The lowest BCUT2D eigenvalue weighted by molar-refractivity contribution is -0.170. The summed E-state index contributed by atoms with van der Waals surface area (Å²) in [5.74, 6) is -3.40. The maximum Gasteiger partial charge on any atom is 0.345 e. The van der Waals surface area contributed by atoms with Gasteiger partial charge in [0.1, 0.15) is 11.6 Å². The Morgan fingerprint density at radius 3 is 1.76 bits per heavy atom. The highest BCUT2D eigenvalue weighted by atomic mass is 19.1. The molecule has 0 saturated carbocycles.